The van der Waals surface area contributed by atoms with E-state index >= 15 is 0 Å². The molecule has 0 aliphatic heterocycles. The fourth-order valence-electron chi connectivity index (χ4n) is 11.5. The largest absolute Gasteiger partial charge is 0.472 e. The van der Waals surface area contributed by atoms with Crippen molar-refractivity contribution in [2.24, 2.45) is 11.8 Å². The maximum atomic E-state index is 13.1. The Labute approximate surface area is 575 Å². The number of unbranched alkanes of at least 4 members (excludes halogenated alkanes) is 44. The van der Waals surface area contributed by atoms with Gasteiger partial charge in [0.05, 0.1) is 26.4 Å². The van der Waals surface area contributed by atoms with Gasteiger partial charge < -0.3 is 33.8 Å². The Balaban J connectivity index is 5.19. The highest BCUT2D eigenvalue weighted by molar-refractivity contribution is 7.47. The van der Waals surface area contributed by atoms with E-state index in [-0.39, 0.29) is 25.7 Å². The number of phosphoric acid groups is 2. The number of carbonyl (C=O) groups excluding carboxylic acids is 4. The first-order chi connectivity index (χ1) is 45.4. The zero-order valence-corrected chi connectivity index (χ0v) is 63.1. The maximum absolute atomic E-state index is 13.1. The van der Waals surface area contributed by atoms with E-state index in [1.165, 1.54) is 193 Å². The van der Waals surface area contributed by atoms with Gasteiger partial charge in [-0.25, -0.2) is 9.13 Å². The summed E-state index contributed by atoms with van der Waals surface area (Å²) in [6.45, 7) is 9.60. The molecule has 19 heteroatoms. The number of rotatable bonds is 74. The first-order valence-electron chi connectivity index (χ1n) is 39.0. The molecule has 0 spiro atoms. The van der Waals surface area contributed by atoms with Crippen molar-refractivity contribution in [1.82, 2.24) is 0 Å². The van der Waals surface area contributed by atoms with Crippen LogP contribution in [0.2, 0.25) is 0 Å². The Morgan fingerprint density at radius 3 is 0.723 bits per heavy atom. The smallest absolute Gasteiger partial charge is 0.462 e. The van der Waals surface area contributed by atoms with E-state index in [0.29, 0.717) is 25.7 Å². The van der Waals surface area contributed by atoms with Gasteiger partial charge in [-0.2, -0.15) is 0 Å². The Morgan fingerprint density at radius 2 is 0.489 bits per heavy atom. The molecule has 558 valence electrons. The van der Waals surface area contributed by atoms with Crippen molar-refractivity contribution < 1.29 is 80.2 Å². The third-order valence-electron chi connectivity index (χ3n) is 17.5. The second-order valence-electron chi connectivity index (χ2n) is 28.0. The van der Waals surface area contributed by atoms with Crippen LogP contribution in [-0.4, -0.2) is 96.7 Å². The summed E-state index contributed by atoms with van der Waals surface area (Å²) in [7, 11) is -9.90. The van der Waals surface area contributed by atoms with Gasteiger partial charge in [-0.1, -0.05) is 337 Å². The van der Waals surface area contributed by atoms with E-state index < -0.39 is 97.5 Å². The minimum absolute atomic E-state index is 0.107. The number of ether oxygens (including phenoxy) is 4. The molecule has 0 amide bonds. The predicted octanol–water partition coefficient (Wildman–Crippen LogP) is 21.9. The molecule has 17 nitrogen and oxygen atoms in total. The van der Waals surface area contributed by atoms with Gasteiger partial charge in [0.15, 0.2) is 12.2 Å². The number of carbonyl (C=O) groups is 4. The lowest BCUT2D eigenvalue weighted by Gasteiger charge is -2.21. The summed E-state index contributed by atoms with van der Waals surface area (Å²) in [5.74, 6) is -0.520. The van der Waals surface area contributed by atoms with Gasteiger partial charge in [-0.05, 0) is 37.5 Å². The molecule has 0 fully saturated rings. The number of esters is 4. The Morgan fingerprint density at radius 1 is 0.287 bits per heavy atom. The quantitative estimate of drug-likeness (QED) is 0.0222. The van der Waals surface area contributed by atoms with Crippen LogP contribution in [0.1, 0.15) is 388 Å². The number of aliphatic hydroxyl groups excluding tert-OH is 1. The third-order valence-corrected chi connectivity index (χ3v) is 19.4. The first-order valence-corrected chi connectivity index (χ1v) is 42.0. The van der Waals surface area contributed by atoms with E-state index in [1.807, 2.05) is 0 Å². The fourth-order valence-corrected chi connectivity index (χ4v) is 13.1. The van der Waals surface area contributed by atoms with Gasteiger partial charge in [0.2, 0.25) is 0 Å². The Hall–Kier alpha value is -1.94. The molecular formula is C75H146O17P2. The summed E-state index contributed by atoms with van der Waals surface area (Å²) in [5.41, 5.74) is 0. The molecule has 94 heavy (non-hydrogen) atoms. The topological polar surface area (TPSA) is 237 Å². The van der Waals surface area contributed by atoms with E-state index in [9.17, 15) is 43.2 Å². The van der Waals surface area contributed by atoms with Crippen LogP contribution in [0.3, 0.4) is 0 Å². The highest BCUT2D eigenvalue weighted by Gasteiger charge is 2.30. The second kappa shape index (κ2) is 66.9. The van der Waals surface area contributed by atoms with E-state index in [0.717, 1.165) is 115 Å². The lowest BCUT2D eigenvalue weighted by atomic mass is 10.0. The maximum Gasteiger partial charge on any atom is 0.472 e. The fraction of sp³-hybridized carbons (Fsp3) is 0.947. The van der Waals surface area contributed by atoms with E-state index in [1.54, 1.807) is 0 Å². The van der Waals surface area contributed by atoms with Crippen LogP contribution in [-0.2, 0) is 65.4 Å². The lowest BCUT2D eigenvalue weighted by molar-refractivity contribution is -0.161. The molecule has 5 atom stereocenters. The zero-order chi connectivity index (χ0) is 69.3. The van der Waals surface area contributed by atoms with E-state index in [2.05, 4.69) is 41.5 Å². The summed E-state index contributed by atoms with van der Waals surface area (Å²) in [4.78, 5) is 72.6. The predicted molar refractivity (Wildman–Crippen MR) is 381 cm³/mol. The molecule has 0 aliphatic carbocycles. The van der Waals surface area contributed by atoms with Crippen molar-refractivity contribution in [2.45, 2.75) is 407 Å². The van der Waals surface area contributed by atoms with E-state index in [4.69, 9.17) is 37.0 Å². The molecule has 0 saturated heterocycles. The number of hydrogen-bond acceptors (Lipinski definition) is 15. The van der Waals surface area contributed by atoms with Gasteiger partial charge in [-0.15, -0.1) is 0 Å². The Bertz CT molecular complexity index is 1820. The molecular weight excluding hydrogens is 1230 g/mol. The molecule has 0 aliphatic rings. The summed E-state index contributed by atoms with van der Waals surface area (Å²) in [6, 6.07) is 0. The van der Waals surface area contributed by atoms with Crippen LogP contribution >= 0.6 is 15.6 Å². The van der Waals surface area contributed by atoms with Crippen LogP contribution in [0.5, 0.6) is 0 Å². The zero-order valence-electron chi connectivity index (χ0n) is 61.3. The molecule has 2 unspecified atom stereocenters. The van der Waals surface area contributed by atoms with Gasteiger partial charge >= 0.3 is 39.5 Å². The van der Waals surface area contributed by atoms with Crippen LogP contribution in [0, 0.1) is 11.8 Å². The van der Waals surface area contributed by atoms with Crippen molar-refractivity contribution in [3.63, 3.8) is 0 Å². The van der Waals surface area contributed by atoms with Crippen LogP contribution in [0.25, 0.3) is 0 Å². The van der Waals surface area contributed by atoms with Crippen LogP contribution in [0.4, 0.5) is 0 Å². The summed E-state index contributed by atoms with van der Waals surface area (Å²) >= 11 is 0. The molecule has 0 radical (unpaired) electrons. The molecule has 3 N–H and O–H groups in total. The normalized spacial score (nSPS) is 14.0. The molecule has 0 saturated carbocycles. The van der Waals surface area contributed by atoms with Crippen molar-refractivity contribution in [3.05, 3.63) is 0 Å². The number of phosphoric ester groups is 2. The van der Waals surface area contributed by atoms with Gasteiger partial charge in [0.25, 0.3) is 0 Å². The average Bonchev–Trinajstić information content (AvgIpc) is 1.67. The monoisotopic (exact) mass is 1380 g/mol. The molecule has 0 bridgehead atoms. The first kappa shape index (κ1) is 92.1. The lowest BCUT2D eigenvalue weighted by Crippen LogP contribution is -2.30. The molecule has 0 aromatic rings. The molecule has 0 rings (SSSR count). The van der Waals surface area contributed by atoms with Crippen LogP contribution < -0.4 is 0 Å². The van der Waals surface area contributed by atoms with Crippen LogP contribution in [0.15, 0.2) is 0 Å². The minimum Gasteiger partial charge on any atom is -0.462 e. The highest BCUT2D eigenvalue weighted by Crippen LogP contribution is 2.45. The third kappa shape index (κ3) is 68.6. The minimum atomic E-state index is -4.96. The summed E-state index contributed by atoms with van der Waals surface area (Å²) in [6.07, 6.45) is 54.2. The second-order valence-corrected chi connectivity index (χ2v) is 30.9. The molecule has 0 aromatic heterocycles. The summed E-state index contributed by atoms with van der Waals surface area (Å²) < 4.78 is 68.4. The standard InChI is InChI=1S/C75H146O17P2/c1-7-9-11-13-15-16-17-29-35-41-47-53-59-74(79)91-70(63-85-72(77)57-51-45-37-14-12-10-8-2)65-89-93(81,82)87-61-69(76)62-88-94(83,84)90-66-71(64-86-73(78)58-52-46-40-34-30-26-22-24-28-33-39-44-50-56-68(5)6)92-75(80)60-54-48-42-36-31-25-21-19-18-20-23-27-32-38-43-49-55-67(3)4/h67-71,76H,7-66H2,1-6H3,(H,81,82)(H,83,84)/t69-,70+,71+/m0/s1. The average molecular weight is 1380 g/mol. The van der Waals surface area contributed by atoms with Crippen molar-refractivity contribution in [1.29, 1.82) is 0 Å². The van der Waals surface area contributed by atoms with Gasteiger partial charge in [0.1, 0.15) is 19.3 Å². The number of hydrogen-bond donors (Lipinski definition) is 3. The Kier molecular flexibility index (Phi) is 65.5. The van der Waals surface area contributed by atoms with Crippen molar-refractivity contribution >= 4 is 39.5 Å². The molecule has 0 heterocycles. The SMILES string of the molecule is CCCCCCCCCCCCCCC(=O)O[C@H](COC(=O)CCCCCCCCC)COP(=O)(O)OC[C@H](O)COP(=O)(O)OC[C@@H](COC(=O)CCCCCCCCCCCCCCCC(C)C)OC(=O)CCCCCCCCCCCCCCCCCCC(C)C. The van der Waals surface area contributed by atoms with Gasteiger partial charge in [-0.3, -0.25) is 37.3 Å². The van der Waals surface area contributed by atoms with Crippen molar-refractivity contribution in [2.75, 3.05) is 39.6 Å². The number of aliphatic hydroxyl groups is 1. The summed E-state index contributed by atoms with van der Waals surface area (Å²) in [5, 5.41) is 10.6. The van der Waals surface area contributed by atoms with Gasteiger partial charge in [0, 0.05) is 25.7 Å². The molecule has 0 aromatic carbocycles. The highest BCUT2D eigenvalue weighted by atomic mass is 31.2. The van der Waals surface area contributed by atoms with Crippen molar-refractivity contribution in [3.8, 4) is 0 Å².